The Morgan fingerprint density at radius 1 is 1.36 bits per heavy atom. The number of nitrogens with zero attached hydrogens (tertiary/aromatic N) is 1. The Balaban J connectivity index is 3.77. The van der Waals surface area contributed by atoms with Crippen molar-refractivity contribution in [1.29, 1.82) is 0 Å². The predicted molar refractivity (Wildman–Crippen MR) is 38.4 cm³/mol. The number of hydrogen-bond donors (Lipinski definition) is 0. The third kappa shape index (κ3) is 5.07. The number of alkyl halides is 3. The Labute approximate surface area is 65.2 Å². The molecule has 4 heteroatoms. The van der Waals surface area contributed by atoms with Gasteiger partial charge in [-0.15, -0.1) is 0 Å². The first-order valence-electron chi connectivity index (χ1n) is 3.63. The molecule has 0 spiro atoms. The first-order valence-corrected chi connectivity index (χ1v) is 3.63. The van der Waals surface area contributed by atoms with Crippen molar-refractivity contribution in [3.63, 3.8) is 0 Å². The average Bonchev–Trinajstić information content (AvgIpc) is 1.82. The van der Waals surface area contributed by atoms with Crippen molar-refractivity contribution in [3.8, 4) is 0 Å². The zero-order chi connectivity index (χ0) is 9.07. The van der Waals surface area contributed by atoms with Crippen LogP contribution in [0.3, 0.4) is 0 Å². The summed E-state index contributed by atoms with van der Waals surface area (Å²) in [7, 11) is 1.49. The monoisotopic (exact) mass is 169 g/mol. The van der Waals surface area contributed by atoms with E-state index in [2.05, 4.69) is 0 Å². The molecule has 11 heavy (non-hydrogen) atoms. The van der Waals surface area contributed by atoms with Crippen LogP contribution < -0.4 is 0 Å². The Kier molecular flexibility index (Phi) is 3.86. The van der Waals surface area contributed by atoms with E-state index in [0.29, 0.717) is 0 Å². The third-order valence-corrected chi connectivity index (χ3v) is 1.77. The maximum atomic E-state index is 11.8. The van der Waals surface area contributed by atoms with Crippen molar-refractivity contribution in [3.05, 3.63) is 0 Å². The smallest absolute Gasteiger partial charge is 0.295 e. The molecule has 0 N–H and O–H groups in total. The lowest BCUT2D eigenvalue weighted by atomic mass is 10.2. The standard InChI is InChI=1S/C7H14F3N/c1-4-6(2)11(3)5-7(8,9)10/h6H,4-5H2,1-3H3. The van der Waals surface area contributed by atoms with Gasteiger partial charge in [-0.2, -0.15) is 13.2 Å². The van der Waals surface area contributed by atoms with Crippen molar-refractivity contribution >= 4 is 0 Å². The fraction of sp³-hybridized carbons (Fsp3) is 1.00. The van der Waals surface area contributed by atoms with Gasteiger partial charge in [0.1, 0.15) is 0 Å². The summed E-state index contributed by atoms with van der Waals surface area (Å²) >= 11 is 0. The lowest BCUT2D eigenvalue weighted by Crippen LogP contribution is -2.36. The molecule has 0 aliphatic heterocycles. The minimum absolute atomic E-state index is 0.00313. The highest BCUT2D eigenvalue weighted by molar-refractivity contribution is 4.64. The minimum atomic E-state index is -4.07. The van der Waals surface area contributed by atoms with E-state index in [0.717, 1.165) is 6.42 Å². The van der Waals surface area contributed by atoms with E-state index in [1.165, 1.54) is 11.9 Å². The summed E-state index contributed by atoms with van der Waals surface area (Å²) in [6.45, 7) is 2.84. The van der Waals surface area contributed by atoms with Crippen LogP contribution in [0.2, 0.25) is 0 Å². The molecule has 0 radical (unpaired) electrons. The van der Waals surface area contributed by atoms with Crippen LogP contribution in [0.15, 0.2) is 0 Å². The van der Waals surface area contributed by atoms with Crippen molar-refractivity contribution in [2.45, 2.75) is 32.5 Å². The molecule has 0 aliphatic rings. The summed E-state index contributed by atoms with van der Waals surface area (Å²) in [6.07, 6.45) is -3.33. The second-order valence-electron chi connectivity index (χ2n) is 2.79. The van der Waals surface area contributed by atoms with Crippen molar-refractivity contribution in [2.75, 3.05) is 13.6 Å². The molecule has 0 heterocycles. The highest BCUT2D eigenvalue weighted by Gasteiger charge is 2.30. The van der Waals surface area contributed by atoms with Gasteiger partial charge in [-0.05, 0) is 20.4 Å². The summed E-state index contributed by atoms with van der Waals surface area (Å²) in [6, 6.07) is -0.00313. The van der Waals surface area contributed by atoms with Crippen LogP contribution >= 0.6 is 0 Å². The first-order chi connectivity index (χ1) is 4.87. The van der Waals surface area contributed by atoms with Crippen LogP contribution in [-0.4, -0.2) is 30.7 Å². The van der Waals surface area contributed by atoms with Gasteiger partial charge in [-0.3, -0.25) is 4.90 Å². The summed E-state index contributed by atoms with van der Waals surface area (Å²) in [5, 5.41) is 0. The molecule has 0 saturated carbocycles. The average molecular weight is 169 g/mol. The van der Waals surface area contributed by atoms with Gasteiger partial charge < -0.3 is 0 Å². The molecule has 0 saturated heterocycles. The Hall–Kier alpha value is -0.250. The van der Waals surface area contributed by atoms with Crippen LogP contribution in [0.25, 0.3) is 0 Å². The molecule has 1 unspecified atom stereocenters. The van der Waals surface area contributed by atoms with Crippen LogP contribution in [0.1, 0.15) is 20.3 Å². The highest BCUT2D eigenvalue weighted by Crippen LogP contribution is 2.17. The molecule has 0 aromatic rings. The first kappa shape index (κ1) is 10.8. The lowest BCUT2D eigenvalue weighted by Gasteiger charge is -2.24. The van der Waals surface area contributed by atoms with E-state index >= 15 is 0 Å². The van der Waals surface area contributed by atoms with Crippen molar-refractivity contribution in [2.24, 2.45) is 0 Å². The van der Waals surface area contributed by atoms with Crippen LogP contribution in [0, 0.1) is 0 Å². The van der Waals surface area contributed by atoms with Gasteiger partial charge in [-0.25, -0.2) is 0 Å². The molecular weight excluding hydrogens is 155 g/mol. The van der Waals surface area contributed by atoms with Gasteiger partial charge >= 0.3 is 6.18 Å². The lowest BCUT2D eigenvalue weighted by molar-refractivity contribution is -0.146. The Morgan fingerprint density at radius 2 is 1.82 bits per heavy atom. The zero-order valence-corrected chi connectivity index (χ0v) is 7.07. The maximum absolute atomic E-state index is 11.8. The van der Waals surface area contributed by atoms with E-state index in [4.69, 9.17) is 0 Å². The fourth-order valence-corrected chi connectivity index (χ4v) is 0.750. The quantitative estimate of drug-likeness (QED) is 0.626. The molecule has 0 aromatic carbocycles. The van der Waals surface area contributed by atoms with Crippen LogP contribution in [-0.2, 0) is 0 Å². The summed E-state index contributed by atoms with van der Waals surface area (Å²) in [5.74, 6) is 0. The van der Waals surface area contributed by atoms with E-state index < -0.39 is 12.7 Å². The SMILES string of the molecule is CCC(C)N(C)CC(F)(F)F. The highest BCUT2D eigenvalue weighted by atomic mass is 19.4. The summed E-state index contributed by atoms with van der Waals surface area (Å²) < 4.78 is 35.3. The second-order valence-corrected chi connectivity index (χ2v) is 2.79. The second kappa shape index (κ2) is 3.95. The van der Waals surface area contributed by atoms with E-state index in [9.17, 15) is 13.2 Å². The number of hydrogen-bond acceptors (Lipinski definition) is 1. The van der Waals surface area contributed by atoms with E-state index in [-0.39, 0.29) is 6.04 Å². The molecule has 1 atom stereocenters. The van der Waals surface area contributed by atoms with Gasteiger partial charge in [0.2, 0.25) is 0 Å². The maximum Gasteiger partial charge on any atom is 0.401 e. The number of halogens is 3. The number of rotatable bonds is 3. The Morgan fingerprint density at radius 3 is 2.09 bits per heavy atom. The van der Waals surface area contributed by atoms with E-state index in [1.807, 2.05) is 6.92 Å². The molecule has 68 valence electrons. The largest absolute Gasteiger partial charge is 0.401 e. The summed E-state index contributed by atoms with van der Waals surface area (Å²) in [5.41, 5.74) is 0. The predicted octanol–water partition coefficient (Wildman–Crippen LogP) is 2.28. The molecule has 0 amide bonds. The fourth-order valence-electron chi connectivity index (χ4n) is 0.750. The van der Waals surface area contributed by atoms with Gasteiger partial charge in [0.25, 0.3) is 0 Å². The van der Waals surface area contributed by atoms with Crippen molar-refractivity contribution in [1.82, 2.24) is 4.90 Å². The molecule has 0 aromatic heterocycles. The van der Waals surface area contributed by atoms with Crippen LogP contribution in [0.4, 0.5) is 13.2 Å². The van der Waals surface area contributed by atoms with Gasteiger partial charge in [0.15, 0.2) is 0 Å². The van der Waals surface area contributed by atoms with Crippen LogP contribution in [0.5, 0.6) is 0 Å². The Bertz CT molecular complexity index is 111. The molecule has 0 bridgehead atoms. The molecule has 1 nitrogen and oxygen atoms in total. The molecule has 0 fully saturated rings. The van der Waals surface area contributed by atoms with Gasteiger partial charge in [0.05, 0.1) is 6.54 Å². The van der Waals surface area contributed by atoms with E-state index in [1.54, 1.807) is 6.92 Å². The minimum Gasteiger partial charge on any atom is -0.295 e. The molecular formula is C7H14F3N. The zero-order valence-electron chi connectivity index (χ0n) is 7.07. The van der Waals surface area contributed by atoms with Crippen molar-refractivity contribution < 1.29 is 13.2 Å². The topological polar surface area (TPSA) is 3.24 Å². The molecule has 0 aliphatic carbocycles. The van der Waals surface area contributed by atoms with Gasteiger partial charge in [-0.1, -0.05) is 6.92 Å². The third-order valence-electron chi connectivity index (χ3n) is 1.77. The normalized spacial score (nSPS) is 15.5. The summed E-state index contributed by atoms with van der Waals surface area (Å²) in [4.78, 5) is 1.31. The van der Waals surface area contributed by atoms with Gasteiger partial charge in [0, 0.05) is 6.04 Å². The molecule has 0 rings (SSSR count).